The minimum Gasteiger partial charge on any atom is -0.379 e. The van der Waals surface area contributed by atoms with Gasteiger partial charge in [-0.25, -0.2) is 0 Å². The third-order valence-electron chi connectivity index (χ3n) is 5.90. The lowest BCUT2D eigenvalue weighted by Gasteiger charge is -2.37. The molecule has 20 heavy (non-hydrogen) atoms. The molecule has 0 N–H and O–H groups in total. The minimum absolute atomic E-state index is 0.585. The van der Waals surface area contributed by atoms with Crippen LogP contribution in [0.25, 0.3) is 0 Å². The molecule has 0 radical (unpaired) electrons. The van der Waals surface area contributed by atoms with Crippen LogP contribution in [0.4, 0.5) is 0 Å². The lowest BCUT2D eigenvalue weighted by Crippen LogP contribution is -2.28. The van der Waals surface area contributed by atoms with Crippen molar-refractivity contribution in [2.45, 2.75) is 97.0 Å². The van der Waals surface area contributed by atoms with Gasteiger partial charge >= 0.3 is 0 Å². The molecule has 0 amide bonds. The number of ether oxygens (including phenoxy) is 1. The Balaban J connectivity index is 1.62. The molecule has 0 aromatic rings. The molecule has 2 fully saturated rings. The molecule has 0 aromatic heterocycles. The largest absolute Gasteiger partial charge is 0.379 e. The number of unbranched alkanes of at least 4 members (excludes halogenated alkanes) is 2. The van der Waals surface area contributed by atoms with Crippen LogP contribution in [0, 0.1) is 17.8 Å². The van der Waals surface area contributed by atoms with Crippen molar-refractivity contribution in [2.75, 3.05) is 6.61 Å². The topological polar surface area (TPSA) is 9.23 Å². The summed E-state index contributed by atoms with van der Waals surface area (Å²) in [6.07, 6.45) is 18.0. The van der Waals surface area contributed by atoms with Crippen LogP contribution in [0.15, 0.2) is 0 Å². The Kier molecular flexibility index (Phi) is 7.41. The molecule has 0 bridgehead atoms. The number of hydrogen-bond acceptors (Lipinski definition) is 1. The molecule has 118 valence electrons. The maximum Gasteiger partial charge on any atom is 0.0575 e. The van der Waals surface area contributed by atoms with E-state index in [0.717, 1.165) is 24.4 Å². The summed E-state index contributed by atoms with van der Waals surface area (Å²) in [7, 11) is 0. The van der Waals surface area contributed by atoms with Crippen molar-refractivity contribution in [3.63, 3.8) is 0 Å². The quantitative estimate of drug-likeness (QED) is 0.522. The highest BCUT2D eigenvalue weighted by molar-refractivity contribution is 4.82. The SMILES string of the molecule is CCCCC[C@H]1CC[C@H](C2CCC(OCC)CC2)CC1. The maximum atomic E-state index is 5.79. The van der Waals surface area contributed by atoms with Crippen LogP contribution in [-0.4, -0.2) is 12.7 Å². The summed E-state index contributed by atoms with van der Waals surface area (Å²) in [6, 6.07) is 0. The van der Waals surface area contributed by atoms with Crippen LogP contribution in [0.1, 0.15) is 90.9 Å². The van der Waals surface area contributed by atoms with E-state index in [1.54, 1.807) is 0 Å². The van der Waals surface area contributed by atoms with Crippen molar-refractivity contribution >= 4 is 0 Å². The molecule has 0 heterocycles. The Bertz CT molecular complexity index is 234. The predicted molar refractivity (Wildman–Crippen MR) is 87.0 cm³/mol. The summed E-state index contributed by atoms with van der Waals surface area (Å²) >= 11 is 0. The van der Waals surface area contributed by atoms with E-state index in [4.69, 9.17) is 4.74 Å². The van der Waals surface area contributed by atoms with Gasteiger partial charge < -0.3 is 4.74 Å². The van der Waals surface area contributed by atoms with Gasteiger partial charge in [0.15, 0.2) is 0 Å². The molecule has 0 atom stereocenters. The summed E-state index contributed by atoms with van der Waals surface area (Å²) < 4.78 is 5.79. The molecule has 0 aromatic carbocycles. The normalized spacial score (nSPS) is 35.1. The van der Waals surface area contributed by atoms with Gasteiger partial charge in [-0.05, 0) is 63.2 Å². The second-order valence-corrected chi connectivity index (χ2v) is 7.27. The zero-order valence-corrected chi connectivity index (χ0v) is 13.9. The second kappa shape index (κ2) is 9.07. The van der Waals surface area contributed by atoms with E-state index in [2.05, 4.69) is 13.8 Å². The summed E-state index contributed by atoms with van der Waals surface area (Å²) in [5.74, 6) is 3.15. The summed E-state index contributed by atoms with van der Waals surface area (Å²) in [5, 5.41) is 0. The van der Waals surface area contributed by atoms with Gasteiger partial charge in [-0.15, -0.1) is 0 Å². The molecule has 0 unspecified atom stereocenters. The Morgan fingerprint density at radius 2 is 1.35 bits per heavy atom. The van der Waals surface area contributed by atoms with Crippen molar-refractivity contribution in [3.8, 4) is 0 Å². The van der Waals surface area contributed by atoms with E-state index in [9.17, 15) is 0 Å². The van der Waals surface area contributed by atoms with Crippen molar-refractivity contribution < 1.29 is 4.74 Å². The van der Waals surface area contributed by atoms with E-state index >= 15 is 0 Å². The Morgan fingerprint density at radius 1 is 0.750 bits per heavy atom. The van der Waals surface area contributed by atoms with Gasteiger partial charge in [0, 0.05) is 6.61 Å². The molecule has 0 aliphatic heterocycles. The van der Waals surface area contributed by atoms with Gasteiger partial charge in [0.1, 0.15) is 0 Å². The summed E-state index contributed by atoms with van der Waals surface area (Å²) in [6.45, 7) is 5.35. The standard InChI is InChI=1S/C19H36O/c1-3-5-6-7-16-8-10-17(11-9-16)18-12-14-19(15-13-18)20-4-2/h16-19H,3-15H2,1-2H3/t16-,17-,18?,19?. The molecule has 2 rings (SSSR count). The average Bonchev–Trinajstić information content (AvgIpc) is 2.49. The molecular formula is C19H36O. The second-order valence-electron chi connectivity index (χ2n) is 7.27. The van der Waals surface area contributed by atoms with E-state index in [1.165, 1.54) is 77.0 Å². The molecule has 2 saturated carbocycles. The first-order valence-electron chi connectivity index (χ1n) is 9.45. The monoisotopic (exact) mass is 280 g/mol. The smallest absolute Gasteiger partial charge is 0.0575 e. The van der Waals surface area contributed by atoms with Crippen LogP contribution in [0.5, 0.6) is 0 Å². The lowest BCUT2D eigenvalue weighted by molar-refractivity contribution is 0.0134. The van der Waals surface area contributed by atoms with E-state index in [-0.39, 0.29) is 0 Å². The van der Waals surface area contributed by atoms with Gasteiger partial charge in [0.2, 0.25) is 0 Å². The molecular weight excluding hydrogens is 244 g/mol. The fourth-order valence-electron chi connectivity index (χ4n) is 4.59. The zero-order chi connectivity index (χ0) is 14.2. The van der Waals surface area contributed by atoms with E-state index in [0.29, 0.717) is 6.10 Å². The van der Waals surface area contributed by atoms with Crippen molar-refractivity contribution in [2.24, 2.45) is 17.8 Å². The molecule has 2 aliphatic carbocycles. The Hall–Kier alpha value is -0.0400. The van der Waals surface area contributed by atoms with Gasteiger partial charge in [-0.3, -0.25) is 0 Å². The highest BCUT2D eigenvalue weighted by atomic mass is 16.5. The Morgan fingerprint density at radius 3 is 1.90 bits per heavy atom. The van der Waals surface area contributed by atoms with E-state index < -0.39 is 0 Å². The fourth-order valence-corrected chi connectivity index (χ4v) is 4.59. The van der Waals surface area contributed by atoms with Crippen LogP contribution in [0.2, 0.25) is 0 Å². The highest BCUT2D eigenvalue weighted by Crippen LogP contribution is 2.41. The summed E-state index contributed by atoms with van der Waals surface area (Å²) in [4.78, 5) is 0. The molecule has 1 nitrogen and oxygen atoms in total. The third-order valence-corrected chi connectivity index (χ3v) is 5.90. The Labute approximate surface area is 126 Å². The molecule has 0 saturated heterocycles. The van der Waals surface area contributed by atoms with Gasteiger partial charge in [-0.1, -0.05) is 45.4 Å². The van der Waals surface area contributed by atoms with Gasteiger partial charge in [0.05, 0.1) is 6.10 Å². The first-order chi connectivity index (χ1) is 9.83. The van der Waals surface area contributed by atoms with Crippen LogP contribution in [-0.2, 0) is 4.74 Å². The van der Waals surface area contributed by atoms with Crippen LogP contribution >= 0.6 is 0 Å². The fraction of sp³-hybridized carbons (Fsp3) is 1.00. The first kappa shape index (κ1) is 16.3. The van der Waals surface area contributed by atoms with E-state index in [1.807, 2.05) is 0 Å². The first-order valence-corrected chi connectivity index (χ1v) is 9.45. The third kappa shape index (κ3) is 5.06. The van der Waals surface area contributed by atoms with Crippen molar-refractivity contribution in [1.82, 2.24) is 0 Å². The zero-order valence-electron chi connectivity index (χ0n) is 13.9. The highest BCUT2D eigenvalue weighted by Gasteiger charge is 2.30. The van der Waals surface area contributed by atoms with Gasteiger partial charge in [0.25, 0.3) is 0 Å². The molecule has 0 spiro atoms. The van der Waals surface area contributed by atoms with Crippen LogP contribution < -0.4 is 0 Å². The molecule has 2 aliphatic rings. The van der Waals surface area contributed by atoms with Crippen molar-refractivity contribution in [3.05, 3.63) is 0 Å². The average molecular weight is 280 g/mol. The number of rotatable bonds is 7. The minimum atomic E-state index is 0.585. The van der Waals surface area contributed by atoms with Crippen LogP contribution in [0.3, 0.4) is 0 Å². The van der Waals surface area contributed by atoms with Crippen molar-refractivity contribution in [1.29, 1.82) is 0 Å². The predicted octanol–water partition coefficient (Wildman–Crippen LogP) is 5.97. The van der Waals surface area contributed by atoms with Gasteiger partial charge in [-0.2, -0.15) is 0 Å². The summed E-state index contributed by atoms with van der Waals surface area (Å²) in [5.41, 5.74) is 0. The lowest BCUT2D eigenvalue weighted by atomic mass is 9.70. The maximum absolute atomic E-state index is 5.79. The number of hydrogen-bond donors (Lipinski definition) is 0. The molecule has 1 heteroatoms.